The zero-order chi connectivity index (χ0) is 10.9. The summed E-state index contributed by atoms with van der Waals surface area (Å²) < 4.78 is 5.79. The van der Waals surface area contributed by atoms with E-state index in [1.165, 1.54) is 0 Å². The van der Waals surface area contributed by atoms with Crippen molar-refractivity contribution in [2.24, 2.45) is 0 Å². The Kier molecular flexibility index (Phi) is 2.67. The van der Waals surface area contributed by atoms with Crippen LogP contribution in [0, 0.1) is 0 Å². The number of phenols is 1. The van der Waals surface area contributed by atoms with Crippen LogP contribution in [0.25, 0.3) is 0 Å². The molecule has 2 unspecified atom stereocenters. The molecule has 0 aliphatic carbocycles. The molecular weight excluding hydrogens is 190 g/mol. The van der Waals surface area contributed by atoms with E-state index >= 15 is 0 Å². The fraction of sp³-hybridized carbons (Fsp3) is 0.500. The largest absolute Gasteiger partial charge is 0.508 e. The number of ether oxygens (including phenoxy) is 1. The topological polar surface area (TPSA) is 41.5 Å². The molecule has 1 fully saturated rings. The first-order chi connectivity index (χ1) is 7.09. The summed E-state index contributed by atoms with van der Waals surface area (Å²) in [6.45, 7) is 4.93. The van der Waals surface area contributed by atoms with Crippen molar-refractivity contribution >= 4 is 0 Å². The molecule has 0 spiro atoms. The summed E-state index contributed by atoms with van der Waals surface area (Å²) in [6.07, 6.45) is 0.921. The molecule has 1 heterocycles. The molecule has 1 aromatic rings. The van der Waals surface area contributed by atoms with Gasteiger partial charge in [0, 0.05) is 13.0 Å². The molecule has 3 nitrogen and oxygen atoms in total. The van der Waals surface area contributed by atoms with Gasteiger partial charge in [-0.1, -0.05) is 18.2 Å². The van der Waals surface area contributed by atoms with E-state index in [0.717, 1.165) is 12.1 Å². The maximum atomic E-state index is 9.67. The summed E-state index contributed by atoms with van der Waals surface area (Å²) in [5, 5.41) is 13.0. The Morgan fingerprint density at radius 2 is 2.27 bits per heavy atom. The number of hydrogen-bond acceptors (Lipinski definition) is 3. The van der Waals surface area contributed by atoms with Crippen LogP contribution in [-0.2, 0) is 11.2 Å². The minimum Gasteiger partial charge on any atom is -0.508 e. The van der Waals surface area contributed by atoms with Crippen LogP contribution in [0.1, 0.15) is 19.4 Å². The highest BCUT2D eigenvalue weighted by molar-refractivity contribution is 5.32. The first-order valence-electron chi connectivity index (χ1n) is 5.29. The van der Waals surface area contributed by atoms with Gasteiger partial charge in [0.1, 0.15) is 11.5 Å². The van der Waals surface area contributed by atoms with Gasteiger partial charge in [-0.25, -0.2) is 0 Å². The van der Waals surface area contributed by atoms with Gasteiger partial charge in [0.2, 0.25) is 0 Å². The normalized spacial score (nSPS) is 30.7. The fourth-order valence-electron chi connectivity index (χ4n) is 2.01. The second-order valence-corrected chi connectivity index (χ2v) is 4.35. The van der Waals surface area contributed by atoms with Crippen molar-refractivity contribution in [2.45, 2.75) is 32.1 Å². The molecule has 2 rings (SSSR count). The van der Waals surface area contributed by atoms with Crippen LogP contribution in [0.5, 0.6) is 5.75 Å². The number of rotatable bonds is 2. The molecule has 0 radical (unpaired) electrons. The van der Waals surface area contributed by atoms with E-state index in [0.29, 0.717) is 12.2 Å². The summed E-state index contributed by atoms with van der Waals surface area (Å²) in [6, 6.07) is 7.38. The first kappa shape index (κ1) is 10.5. The third-order valence-electron chi connectivity index (χ3n) is 2.74. The average Bonchev–Trinajstić information content (AvgIpc) is 2.51. The SMILES string of the molecule is CC1CNC(C)(Cc2ccccc2O)O1. The lowest BCUT2D eigenvalue weighted by Gasteiger charge is -2.24. The molecule has 2 N–H and O–H groups in total. The van der Waals surface area contributed by atoms with Crippen LogP contribution in [0.2, 0.25) is 0 Å². The monoisotopic (exact) mass is 207 g/mol. The first-order valence-corrected chi connectivity index (χ1v) is 5.29. The molecule has 82 valence electrons. The predicted octanol–water partition coefficient (Wildman–Crippen LogP) is 1.66. The van der Waals surface area contributed by atoms with Crippen molar-refractivity contribution in [3.63, 3.8) is 0 Å². The summed E-state index contributed by atoms with van der Waals surface area (Å²) in [7, 11) is 0. The molecule has 0 amide bonds. The van der Waals surface area contributed by atoms with Crippen molar-refractivity contribution in [2.75, 3.05) is 6.54 Å². The van der Waals surface area contributed by atoms with Gasteiger partial charge in [-0.3, -0.25) is 5.32 Å². The zero-order valence-corrected chi connectivity index (χ0v) is 9.16. The van der Waals surface area contributed by atoms with Crippen molar-refractivity contribution in [1.82, 2.24) is 5.32 Å². The second kappa shape index (κ2) is 3.83. The van der Waals surface area contributed by atoms with Gasteiger partial charge in [0.05, 0.1) is 6.10 Å². The van der Waals surface area contributed by atoms with Gasteiger partial charge in [-0.2, -0.15) is 0 Å². The summed E-state index contributed by atoms with van der Waals surface area (Å²) in [4.78, 5) is 0. The molecule has 1 aliphatic rings. The van der Waals surface area contributed by atoms with Crippen LogP contribution >= 0.6 is 0 Å². The van der Waals surface area contributed by atoms with Crippen molar-refractivity contribution in [1.29, 1.82) is 0 Å². The second-order valence-electron chi connectivity index (χ2n) is 4.35. The standard InChI is InChI=1S/C12H17NO2/c1-9-8-13-12(2,15-9)7-10-5-3-4-6-11(10)14/h3-6,9,13-14H,7-8H2,1-2H3. The third-order valence-corrected chi connectivity index (χ3v) is 2.74. The van der Waals surface area contributed by atoms with E-state index in [1.54, 1.807) is 6.07 Å². The van der Waals surface area contributed by atoms with Crippen LogP contribution in [-0.4, -0.2) is 23.5 Å². The minimum atomic E-state index is -0.349. The predicted molar refractivity (Wildman–Crippen MR) is 58.8 cm³/mol. The van der Waals surface area contributed by atoms with Crippen LogP contribution in [0.4, 0.5) is 0 Å². The van der Waals surface area contributed by atoms with Crippen molar-refractivity contribution < 1.29 is 9.84 Å². The lowest BCUT2D eigenvalue weighted by molar-refractivity contribution is -0.0295. The molecule has 1 aliphatic heterocycles. The Morgan fingerprint density at radius 1 is 1.53 bits per heavy atom. The number of phenolic OH excluding ortho intramolecular Hbond substituents is 1. The molecule has 1 aromatic carbocycles. The highest BCUT2D eigenvalue weighted by Crippen LogP contribution is 2.25. The molecule has 15 heavy (non-hydrogen) atoms. The third kappa shape index (κ3) is 2.30. The Bertz CT molecular complexity index is 353. The molecule has 0 bridgehead atoms. The van der Waals surface area contributed by atoms with Gasteiger partial charge >= 0.3 is 0 Å². The molecule has 0 aromatic heterocycles. The van der Waals surface area contributed by atoms with Gasteiger partial charge in [-0.15, -0.1) is 0 Å². The Balaban J connectivity index is 2.12. The number of para-hydroxylation sites is 1. The molecule has 1 saturated heterocycles. The maximum Gasteiger partial charge on any atom is 0.121 e. The Labute approximate surface area is 90.1 Å². The van der Waals surface area contributed by atoms with E-state index in [9.17, 15) is 5.11 Å². The lowest BCUT2D eigenvalue weighted by atomic mass is 10.0. The Morgan fingerprint density at radius 3 is 2.87 bits per heavy atom. The van der Waals surface area contributed by atoms with Crippen LogP contribution in [0.3, 0.4) is 0 Å². The van der Waals surface area contributed by atoms with E-state index in [-0.39, 0.29) is 11.8 Å². The quantitative estimate of drug-likeness (QED) is 0.775. The summed E-state index contributed by atoms with van der Waals surface area (Å²) in [5.74, 6) is 0.337. The number of benzene rings is 1. The van der Waals surface area contributed by atoms with Crippen LogP contribution < -0.4 is 5.32 Å². The summed E-state index contributed by atoms with van der Waals surface area (Å²) >= 11 is 0. The van der Waals surface area contributed by atoms with E-state index < -0.39 is 0 Å². The number of aromatic hydroxyl groups is 1. The Hall–Kier alpha value is -1.06. The maximum absolute atomic E-state index is 9.67. The highest BCUT2D eigenvalue weighted by atomic mass is 16.5. The molecule has 3 heteroatoms. The number of hydrogen-bond donors (Lipinski definition) is 2. The number of nitrogens with one attached hydrogen (secondary N) is 1. The van der Waals surface area contributed by atoms with Gasteiger partial charge < -0.3 is 9.84 Å². The molecule has 2 atom stereocenters. The smallest absolute Gasteiger partial charge is 0.121 e. The average molecular weight is 207 g/mol. The van der Waals surface area contributed by atoms with E-state index in [2.05, 4.69) is 5.32 Å². The van der Waals surface area contributed by atoms with E-state index in [4.69, 9.17) is 4.74 Å². The van der Waals surface area contributed by atoms with Crippen molar-refractivity contribution in [3.8, 4) is 5.75 Å². The molecular formula is C12H17NO2. The van der Waals surface area contributed by atoms with Gasteiger partial charge in [0.25, 0.3) is 0 Å². The molecule has 0 saturated carbocycles. The van der Waals surface area contributed by atoms with Gasteiger partial charge in [-0.05, 0) is 25.5 Å². The van der Waals surface area contributed by atoms with Crippen LogP contribution in [0.15, 0.2) is 24.3 Å². The van der Waals surface area contributed by atoms with Crippen molar-refractivity contribution in [3.05, 3.63) is 29.8 Å². The fourth-order valence-corrected chi connectivity index (χ4v) is 2.01. The minimum absolute atomic E-state index is 0.237. The zero-order valence-electron chi connectivity index (χ0n) is 9.16. The lowest BCUT2D eigenvalue weighted by Crippen LogP contribution is -2.39. The summed E-state index contributed by atoms with van der Waals surface area (Å²) in [5.41, 5.74) is 0.569. The van der Waals surface area contributed by atoms with E-state index in [1.807, 2.05) is 32.0 Å². The van der Waals surface area contributed by atoms with Gasteiger partial charge in [0.15, 0.2) is 0 Å². The highest BCUT2D eigenvalue weighted by Gasteiger charge is 2.33.